The topological polar surface area (TPSA) is 79.4 Å². The van der Waals surface area contributed by atoms with E-state index < -0.39 is 10.0 Å². The van der Waals surface area contributed by atoms with Crippen LogP contribution in [0.1, 0.15) is 29.6 Å². The van der Waals surface area contributed by atoms with Gasteiger partial charge in [-0.1, -0.05) is 29.9 Å². The molecule has 1 N–H and O–H groups in total. The first-order valence-corrected chi connectivity index (χ1v) is 12.3. The lowest BCUT2D eigenvalue weighted by Crippen LogP contribution is -2.35. The Kier molecular flexibility index (Phi) is 5.68. The zero-order chi connectivity index (χ0) is 19.7. The predicted molar refractivity (Wildman–Crippen MR) is 119 cm³/mol. The van der Waals surface area contributed by atoms with Crippen molar-refractivity contribution in [3.05, 3.63) is 51.6 Å². The zero-order valence-corrected chi connectivity index (χ0v) is 18.7. The number of rotatable bonds is 4. The molecule has 146 valence electrons. The van der Waals surface area contributed by atoms with Gasteiger partial charge in [-0.25, -0.2) is 13.4 Å². The second-order valence-corrected chi connectivity index (χ2v) is 10.7. The first kappa shape index (κ1) is 19.7. The Balaban J connectivity index is 1.60. The van der Waals surface area contributed by atoms with Gasteiger partial charge in [0.15, 0.2) is 5.13 Å². The van der Waals surface area contributed by atoms with E-state index in [1.807, 2.05) is 18.2 Å². The molecule has 3 aromatic rings. The number of fused-ring (bicyclic) bond motifs is 1. The number of anilines is 1. The van der Waals surface area contributed by atoms with Crippen molar-refractivity contribution in [3.8, 4) is 0 Å². The molecule has 0 saturated carbocycles. The third-order valence-corrected chi connectivity index (χ3v) is 8.42. The van der Waals surface area contributed by atoms with E-state index in [4.69, 9.17) is 0 Å². The Morgan fingerprint density at radius 3 is 2.61 bits per heavy atom. The molecule has 0 unspecified atom stereocenters. The van der Waals surface area contributed by atoms with E-state index in [9.17, 15) is 13.2 Å². The van der Waals surface area contributed by atoms with E-state index in [1.165, 1.54) is 11.3 Å². The smallest absolute Gasteiger partial charge is 0.258 e. The molecule has 1 aliphatic rings. The molecule has 4 rings (SSSR count). The maximum atomic E-state index is 12.9. The van der Waals surface area contributed by atoms with E-state index >= 15 is 0 Å². The van der Waals surface area contributed by atoms with Crippen LogP contribution in [0.5, 0.6) is 0 Å². The van der Waals surface area contributed by atoms with Crippen molar-refractivity contribution in [2.45, 2.75) is 24.2 Å². The van der Waals surface area contributed by atoms with Crippen molar-refractivity contribution in [1.82, 2.24) is 9.29 Å². The highest BCUT2D eigenvalue weighted by Gasteiger charge is 2.26. The van der Waals surface area contributed by atoms with Crippen molar-refractivity contribution >= 4 is 65.2 Å². The van der Waals surface area contributed by atoms with Crippen molar-refractivity contribution in [1.29, 1.82) is 0 Å². The summed E-state index contributed by atoms with van der Waals surface area (Å²) >= 11 is 3.39. The summed E-state index contributed by atoms with van der Waals surface area (Å²) in [5.74, 6) is -0.231. The van der Waals surface area contributed by atoms with Gasteiger partial charge in [0, 0.05) is 16.7 Å². The summed E-state index contributed by atoms with van der Waals surface area (Å²) in [7, 11) is -3.49. The Morgan fingerprint density at radius 1 is 1.11 bits per heavy atom. The van der Waals surface area contributed by atoms with Gasteiger partial charge in [-0.2, -0.15) is 4.31 Å². The van der Waals surface area contributed by atoms with Gasteiger partial charge >= 0.3 is 0 Å². The van der Waals surface area contributed by atoms with Crippen LogP contribution in [0.4, 0.5) is 5.13 Å². The fourth-order valence-corrected chi connectivity index (χ4v) is 6.33. The van der Waals surface area contributed by atoms with Gasteiger partial charge in [0.25, 0.3) is 5.91 Å². The molecule has 0 spiro atoms. The number of benzene rings is 2. The summed E-state index contributed by atoms with van der Waals surface area (Å²) < 4.78 is 28.9. The normalized spacial score (nSPS) is 15.6. The standard InChI is InChI=1S/C19H18IN3O3S2/c20-15-7-3-2-6-14(15)18(24)22-19-21-16-9-8-13(12-17(16)27-19)28(25,26)23-10-4-1-5-11-23/h2-3,6-9,12H,1,4-5,10-11H2,(H,21,22,24). The average Bonchev–Trinajstić information content (AvgIpc) is 3.10. The number of carbonyl (C=O) groups excluding carboxylic acids is 1. The number of carbonyl (C=O) groups is 1. The van der Waals surface area contributed by atoms with Gasteiger partial charge in [0.2, 0.25) is 10.0 Å². The number of amides is 1. The first-order chi connectivity index (χ1) is 13.4. The van der Waals surface area contributed by atoms with Gasteiger partial charge in [-0.05, 0) is 65.8 Å². The highest BCUT2D eigenvalue weighted by molar-refractivity contribution is 14.1. The van der Waals surface area contributed by atoms with Gasteiger partial charge in [-0.15, -0.1) is 0 Å². The van der Waals surface area contributed by atoms with Crippen molar-refractivity contribution < 1.29 is 13.2 Å². The molecule has 1 amide bonds. The molecule has 9 heteroatoms. The molecule has 2 heterocycles. The fraction of sp³-hybridized carbons (Fsp3) is 0.263. The summed E-state index contributed by atoms with van der Waals surface area (Å²) in [6, 6.07) is 12.3. The number of piperidine rings is 1. The van der Waals surface area contributed by atoms with Crippen LogP contribution >= 0.6 is 33.9 Å². The number of hydrogen-bond acceptors (Lipinski definition) is 5. The molecule has 1 fully saturated rings. The highest BCUT2D eigenvalue weighted by Crippen LogP contribution is 2.30. The molecule has 0 radical (unpaired) electrons. The molecular weight excluding hydrogens is 509 g/mol. The average molecular weight is 527 g/mol. The number of nitrogens with zero attached hydrogens (tertiary/aromatic N) is 2. The summed E-state index contributed by atoms with van der Waals surface area (Å²) in [5.41, 5.74) is 1.25. The quantitative estimate of drug-likeness (QED) is 0.513. The highest BCUT2D eigenvalue weighted by atomic mass is 127. The van der Waals surface area contributed by atoms with Gasteiger partial charge in [0.05, 0.1) is 20.7 Å². The molecule has 1 aliphatic heterocycles. The van der Waals surface area contributed by atoms with E-state index in [1.54, 1.807) is 28.6 Å². The minimum Gasteiger partial charge on any atom is -0.298 e. The maximum absolute atomic E-state index is 12.9. The number of hydrogen-bond donors (Lipinski definition) is 1. The maximum Gasteiger partial charge on any atom is 0.258 e. The minimum atomic E-state index is -3.49. The number of sulfonamides is 1. The van der Waals surface area contributed by atoms with E-state index in [0.717, 1.165) is 27.5 Å². The Hall–Kier alpha value is -1.56. The summed E-state index contributed by atoms with van der Waals surface area (Å²) in [5, 5.41) is 3.26. The van der Waals surface area contributed by atoms with Gasteiger partial charge in [0.1, 0.15) is 0 Å². The Morgan fingerprint density at radius 2 is 1.86 bits per heavy atom. The van der Waals surface area contributed by atoms with E-state index in [-0.39, 0.29) is 10.8 Å². The van der Waals surface area contributed by atoms with Crippen LogP contribution in [0.3, 0.4) is 0 Å². The van der Waals surface area contributed by atoms with Crippen LogP contribution in [-0.2, 0) is 10.0 Å². The van der Waals surface area contributed by atoms with E-state index in [2.05, 4.69) is 32.9 Å². The number of aromatic nitrogens is 1. The Bertz CT molecular complexity index is 1140. The molecule has 6 nitrogen and oxygen atoms in total. The molecule has 2 aromatic carbocycles. The molecule has 0 atom stereocenters. The van der Waals surface area contributed by atoms with Crippen molar-refractivity contribution in [2.75, 3.05) is 18.4 Å². The largest absolute Gasteiger partial charge is 0.298 e. The second-order valence-electron chi connectivity index (χ2n) is 6.55. The third kappa shape index (κ3) is 3.93. The van der Waals surface area contributed by atoms with Gasteiger partial charge in [-0.3, -0.25) is 10.1 Å². The summed E-state index contributed by atoms with van der Waals surface area (Å²) in [6.45, 7) is 1.14. The molecule has 1 saturated heterocycles. The van der Waals surface area contributed by atoms with Crippen molar-refractivity contribution in [2.24, 2.45) is 0 Å². The monoisotopic (exact) mass is 527 g/mol. The SMILES string of the molecule is O=C(Nc1nc2ccc(S(=O)(=O)N3CCCCC3)cc2s1)c1ccccc1I. The Labute approximate surface area is 181 Å². The molecule has 28 heavy (non-hydrogen) atoms. The van der Waals surface area contributed by atoms with Crippen LogP contribution in [0, 0.1) is 3.57 Å². The predicted octanol–water partition coefficient (Wildman–Crippen LogP) is 4.33. The summed E-state index contributed by atoms with van der Waals surface area (Å²) in [4.78, 5) is 17.2. The second kappa shape index (κ2) is 8.05. The van der Waals surface area contributed by atoms with Crippen molar-refractivity contribution in [3.63, 3.8) is 0 Å². The lowest BCUT2D eigenvalue weighted by atomic mass is 10.2. The lowest BCUT2D eigenvalue weighted by Gasteiger charge is -2.25. The van der Waals surface area contributed by atoms with Gasteiger partial charge < -0.3 is 0 Å². The fourth-order valence-electron chi connectivity index (χ4n) is 3.18. The molecule has 0 bridgehead atoms. The molecule has 1 aromatic heterocycles. The third-order valence-electron chi connectivity index (χ3n) is 4.65. The van der Waals surface area contributed by atoms with Crippen LogP contribution in [0.2, 0.25) is 0 Å². The zero-order valence-electron chi connectivity index (χ0n) is 14.9. The molecular formula is C19H18IN3O3S2. The number of thiazole rings is 1. The summed E-state index contributed by atoms with van der Waals surface area (Å²) in [6.07, 6.45) is 2.87. The number of nitrogens with one attached hydrogen (secondary N) is 1. The van der Waals surface area contributed by atoms with Crippen LogP contribution in [-0.4, -0.2) is 36.7 Å². The molecule has 0 aliphatic carbocycles. The minimum absolute atomic E-state index is 0.231. The lowest BCUT2D eigenvalue weighted by molar-refractivity contribution is 0.102. The van der Waals surface area contributed by atoms with Crippen LogP contribution in [0.25, 0.3) is 10.2 Å². The van der Waals surface area contributed by atoms with E-state index in [0.29, 0.717) is 29.3 Å². The number of halogens is 1. The first-order valence-electron chi connectivity index (χ1n) is 8.92. The van der Waals surface area contributed by atoms with Crippen LogP contribution in [0.15, 0.2) is 47.4 Å². The van der Waals surface area contributed by atoms with Crippen LogP contribution < -0.4 is 5.32 Å².